The molecular weight excluding hydrogens is 316 g/mol. The summed E-state index contributed by atoms with van der Waals surface area (Å²) < 4.78 is 1.02. The molecule has 2 aromatic rings. The van der Waals surface area contributed by atoms with Crippen molar-refractivity contribution in [2.24, 2.45) is 0 Å². The molecule has 0 aliphatic heterocycles. The van der Waals surface area contributed by atoms with Gasteiger partial charge in [-0.15, -0.1) is 0 Å². The van der Waals surface area contributed by atoms with Gasteiger partial charge in [0.05, 0.1) is 12.1 Å². The molecule has 104 valence electrons. The Kier molecular flexibility index (Phi) is 4.90. The molecule has 0 atom stereocenters. The molecular formula is C16H17BrN2O. The smallest absolute Gasteiger partial charge is 0.228 e. The topological polar surface area (TPSA) is 33.2 Å². The third kappa shape index (κ3) is 3.90. The van der Waals surface area contributed by atoms with Gasteiger partial charge in [-0.2, -0.15) is 0 Å². The van der Waals surface area contributed by atoms with Crippen LogP contribution in [-0.4, -0.2) is 22.8 Å². The first kappa shape index (κ1) is 14.7. The number of hydrogen-bond donors (Lipinski definition) is 0. The molecule has 1 heterocycles. The normalized spacial score (nSPS) is 10.3. The fourth-order valence-electron chi connectivity index (χ4n) is 1.98. The summed E-state index contributed by atoms with van der Waals surface area (Å²) in [6.07, 6.45) is 2.07. The van der Waals surface area contributed by atoms with E-state index in [4.69, 9.17) is 0 Å². The van der Waals surface area contributed by atoms with E-state index in [-0.39, 0.29) is 5.91 Å². The van der Waals surface area contributed by atoms with E-state index in [9.17, 15) is 4.79 Å². The number of hydrogen-bond acceptors (Lipinski definition) is 2. The SMILES string of the molecule is Cc1cccnc1CC(=O)N(C)Cc1cccc(Br)c1. The fraction of sp³-hybridized carbons (Fsp3) is 0.250. The lowest BCUT2D eigenvalue weighted by Gasteiger charge is -2.17. The lowest BCUT2D eigenvalue weighted by Crippen LogP contribution is -2.28. The summed E-state index contributed by atoms with van der Waals surface area (Å²) in [4.78, 5) is 18.2. The standard InChI is InChI=1S/C16H17BrN2O/c1-12-5-4-8-18-15(12)10-16(20)19(2)11-13-6-3-7-14(17)9-13/h3-9H,10-11H2,1-2H3. The van der Waals surface area contributed by atoms with Crippen LogP contribution >= 0.6 is 15.9 Å². The monoisotopic (exact) mass is 332 g/mol. The molecule has 2 rings (SSSR count). The summed E-state index contributed by atoms with van der Waals surface area (Å²) in [7, 11) is 1.82. The first-order valence-corrected chi connectivity index (χ1v) is 7.24. The highest BCUT2D eigenvalue weighted by molar-refractivity contribution is 9.10. The van der Waals surface area contributed by atoms with Crippen LogP contribution in [-0.2, 0) is 17.8 Å². The molecule has 3 nitrogen and oxygen atoms in total. The Bertz CT molecular complexity index is 613. The maximum atomic E-state index is 12.2. The fourth-order valence-corrected chi connectivity index (χ4v) is 2.43. The van der Waals surface area contributed by atoms with E-state index in [2.05, 4.69) is 20.9 Å². The molecule has 0 unspecified atom stereocenters. The second kappa shape index (κ2) is 6.66. The molecule has 1 amide bonds. The minimum Gasteiger partial charge on any atom is -0.341 e. The Morgan fingerprint density at radius 2 is 2.10 bits per heavy atom. The maximum Gasteiger partial charge on any atom is 0.228 e. The number of likely N-dealkylation sites (N-methyl/N-ethyl adjacent to an activating group) is 1. The molecule has 4 heteroatoms. The lowest BCUT2D eigenvalue weighted by atomic mass is 10.1. The van der Waals surface area contributed by atoms with Crippen molar-refractivity contribution in [1.29, 1.82) is 0 Å². The van der Waals surface area contributed by atoms with Crippen LogP contribution in [0.15, 0.2) is 47.1 Å². The number of rotatable bonds is 4. The van der Waals surface area contributed by atoms with Crippen molar-refractivity contribution in [1.82, 2.24) is 9.88 Å². The van der Waals surface area contributed by atoms with Crippen molar-refractivity contribution in [2.45, 2.75) is 19.9 Å². The van der Waals surface area contributed by atoms with Crippen LogP contribution in [0.25, 0.3) is 0 Å². The maximum absolute atomic E-state index is 12.2. The van der Waals surface area contributed by atoms with Gasteiger partial charge in [0.2, 0.25) is 5.91 Å². The van der Waals surface area contributed by atoms with Crippen molar-refractivity contribution in [3.05, 3.63) is 63.9 Å². The van der Waals surface area contributed by atoms with Gasteiger partial charge in [0, 0.05) is 24.3 Å². The molecule has 0 saturated heterocycles. The third-order valence-electron chi connectivity index (χ3n) is 3.17. The van der Waals surface area contributed by atoms with Crippen molar-refractivity contribution >= 4 is 21.8 Å². The largest absolute Gasteiger partial charge is 0.341 e. The highest BCUT2D eigenvalue weighted by Gasteiger charge is 2.12. The van der Waals surface area contributed by atoms with Gasteiger partial charge in [0.1, 0.15) is 0 Å². The lowest BCUT2D eigenvalue weighted by molar-refractivity contribution is -0.129. The summed E-state index contributed by atoms with van der Waals surface area (Å²) in [6, 6.07) is 11.8. The van der Waals surface area contributed by atoms with E-state index in [0.29, 0.717) is 13.0 Å². The number of carbonyl (C=O) groups excluding carboxylic acids is 1. The number of halogens is 1. The highest BCUT2D eigenvalue weighted by Crippen LogP contribution is 2.13. The van der Waals surface area contributed by atoms with Crippen LogP contribution in [0.4, 0.5) is 0 Å². The molecule has 0 aliphatic rings. The first-order valence-electron chi connectivity index (χ1n) is 6.45. The van der Waals surface area contributed by atoms with Gasteiger partial charge in [-0.3, -0.25) is 9.78 Å². The van der Waals surface area contributed by atoms with Gasteiger partial charge in [0.25, 0.3) is 0 Å². The zero-order valence-corrected chi connectivity index (χ0v) is 13.2. The molecule has 0 N–H and O–H groups in total. The number of amides is 1. The van der Waals surface area contributed by atoms with Crippen molar-refractivity contribution in [2.75, 3.05) is 7.05 Å². The summed E-state index contributed by atoms with van der Waals surface area (Å²) in [5, 5.41) is 0. The van der Waals surface area contributed by atoms with Gasteiger partial charge < -0.3 is 4.90 Å². The van der Waals surface area contributed by atoms with Crippen LogP contribution in [0, 0.1) is 6.92 Å². The minimum absolute atomic E-state index is 0.0757. The summed E-state index contributed by atoms with van der Waals surface area (Å²) in [6.45, 7) is 2.58. The van der Waals surface area contributed by atoms with Gasteiger partial charge in [-0.25, -0.2) is 0 Å². The third-order valence-corrected chi connectivity index (χ3v) is 3.66. The van der Waals surface area contributed by atoms with Crippen molar-refractivity contribution < 1.29 is 4.79 Å². The molecule has 1 aromatic carbocycles. The first-order chi connectivity index (χ1) is 9.56. The summed E-state index contributed by atoms with van der Waals surface area (Å²) >= 11 is 3.44. The Hall–Kier alpha value is -1.68. The number of benzene rings is 1. The Labute approximate surface area is 127 Å². The van der Waals surface area contributed by atoms with E-state index in [1.807, 2.05) is 50.4 Å². The van der Waals surface area contributed by atoms with E-state index in [0.717, 1.165) is 21.3 Å². The van der Waals surface area contributed by atoms with Crippen LogP contribution in [0.3, 0.4) is 0 Å². The molecule has 0 radical (unpaired) electrons. The van der Waals surface area contributed by atoms with Crippen LogP contribution in [0.1, 0.15) is 16.8 Å². The molecule has 0 spiro atoms. The van der Waals surface area contributed by atoms with Crippen molar-refractivity contribution in [3.8, 4) is 0 Å². The van der Waals surface area contributed by atoms with Gasteiger partial charge in [-0.05, 0) is 36.2 Å². The molecule has 1 aromatic heterocycles. The van der Waals surface area contributed by atoms with Crippen molar-refractivity contribution in [3.63, 3.8) is 0 Å². The Morgan fingerprint density at radius 3 is 2.80 bits per heavy atom. The van der Waals surface area contributed by atoms with Gasteiger partial charge in [0.15, 0.2) is 0 Å². The van der Waals surface area contributed by atoms with E-state index < -0.39 is 0 Å². The number of aryl methyl sites for hydroxylation is 1. The second-order valence-corrected chi connectivity index (χ2v) is 5.74. The van der Waals surface area contributed by atoms with Gasteiger partial charge >= 0.3 is 0 Å². The highest BCUT2D eigenvalue weighted by atomic mass is 79.9. The molecule has 0 aliphatic carbocycles. The summed E-state index contributed by atoms with van der Waals surface area (Å²) in [5.74, 6) is 0.0757. The molecule has 0 bridgehead atoms. The minimum atomic E-state index is 0.0757. The van der Waals surface area contributed by atoms with E-state index in [1.165, 1.54) is 0 Å². The number of pyridine rings is 1. The van der Waals surface area contributed by atoms with Crippen LogP contribution in [0.2, 0.25) is 0 Å². The Balaban J connectivity index is 2.01. The molecule has 20 heavy (non-hydrogen) atoms. The van der Waals surface area contributed by atoms with Crippen LogP contribution in [0.5, 0.6) is 0 Å². The van der Waals surface area contributed by atoms with E-state index >= 15 is 0 Å². The average molecular weight is 333 g/mol. The number of carbonyl (C=O) groups is 1. The van der Waals surface area contributed by atoms with Crippen LogP contribution < -0.4 is 0 Å². The molecule has 0 saturated carbocycles. The van der Waals surface area contributed by atoms with E-state index in [1.54, 1.807) is 11.1 Å². The quantitative estimate of drug-likeness (QED) is 0.860. The predicted octanol–water partition coefficient (Wildman–Crippen LogP) is 3.35. The second-order valence-electron chi connectivity index (χ2n) is 4.82. The summed E-state index contributed by atoms with van der Waals surface area (Å²) in [5.41, 5.74) is 3.00. The molecule has 0 fully saturated rings. The Morgan fingerprint density at radius 1 is 1.30 bits per heavy atom. The predicted molar refractivity (Wildman–Crippen MR) is 83.3 cm³/mol. The number of aromatic nitrogens is 1. The average Bonchev–Trinajstić information content (AvgIpc) is 2.41. The van der Waals surface area contributed by atoms with Gasteiger partial charge in [-0.1, -0.05) is 34.1 Å². The number of nitrogens with zero attached hydrogens (tertiary/aromatic N) is 2. The zero-order chi connectivity index (χ0) is 14.5. The zero-order valence-electron chi connectivity index (χ0n) is 11.6.